The molecule has 0 aliphatic heterocycles. The van der Waals surface area contributed by atoms with E-state index in [0.29, 0.717) is 22.9 Å². The Balaban J connectivity index is 1.83. The summed E-state index contributed by atoms with van der Waals surface area (Å²) in [5, 5.41) is 7.34. The quantitative estimate of drug-likeness (QED) is 0.800. The van der Waals surface area contributed by atoms with E-state index in [-0.39, 0.29) is 17.7 Å². The van der Waals surface area contributed by atoms with Gasteiger partial charge in [0.15, 0.2) is 28.7 Å². The highest BCUT2D eigenvalue weighted by atomic mass is 16.3. The Kier molecular flexibility index (Phi) is 3.14. The monoisotopic (exact) mass is 311 g/mol. The number of furan rings is 1. The highest BCUT2D eigenvalue weighted by molar-refractivity contribution is 5.93. The first kappa shape index (κ1) is 13.9. The van der Waals surface area contributed by atoms with E-state index in [1.807, 2.05) is 19.9 Å². The maximum Gasteiger partial charge on any atom is 0.228 e. The predicted molar refractivity (Wildman–Crippen MR) is 83.9 cm³/mol. The molecule has 1 aliphatic carbocycles. The van der Waals surface area contributed by atoms with E-state index < -0.39 is 0 Å². The van der Waals surface area contributed by atoms with Gasteiger partial charge in [0.1, 0.15) is 0 Å². The van der Waals surface area contributed by atoms with Gasteiger partial charge < -0.3 is 9.73 Å². The number of anilines is 1. The number of carbonyl (C=O) groups excluding carboxylic acids is 1. The molecule has 1 saturated carbocycles. The van der Waals surface area contributed by atoms with E-state index >= 15 is 0 Å². The highest BCUT2D eigenvalue weighted by Gasteiger charge is 2.30. The number of amides is 1. The average molecular weight is 311 g/mol. The third-order valence-corrected chi connectivity index (χ3v) is 3.81. The van der Waals surface area contributed by atoms with Crippen LogP contribution in [0.2, 0.25) is 0 Å². The summed E-state index contributed by atoms with van der Waals surface area (Å²) in [5.74, 6) is 2.10. The summed E-state index contributed by atoms with van der Waals surface area (Å²) in [6, 6.07) is 3.61. The van der Waals surface area contributed by atoms with Crippen molar-refractivity contribution in [2.45, 2.75) is 32.6 Å². The van der Waals surface area contributed by atoms with Gasteiger partial charge in [-0.15, -0.1) is 0 Å². The lowest BCUT2D eigenvalue weighted by Crippen LogP contribution is -2.15. The van der Waals surface area contributed by atoms with E-state index in [0.717, 1.165) is 18.7 Å². The average Bonchev–Trinajstić information content (AvgIpc) is 3.07. The SMILES string of the molecule is CC(C)c1nc2c(-c3ccco3)nc(NC(=O)C3CC3)cn2n1. The minimum absolute atomic E-state index is 0.00597. The van der Waals surface area contributed by atoms with Crippen LogP contribution in [-0.2, 0) is 4.79 Å². The zero-order chi connectivity index (χ0) is 16.0. The summed E-state index contributed by atoms with van der Waals surface area (Å²) in [7, 11) is 0. The zero-order valence-corrected chi connectivity index (χ0v) is 13.0. The third kappa shape index (κ3) is 2.58. The predicted octanol–water partition coefficient (Wildman–Crippen LogP) is 2.86. The molecule has 0 spiro atoms. The fraction of sp³-hybridized carbons (Fsp3) is 0.375. The first-order chi connectivity index (χ1) is 11.1. The van der Waals surface area contributed by atoms with E-state index in [4.69, 9.17) is 4.42 Å². The van der Waals surface area contributed by atoms with Crippen LogP contribution in [0.1, 0.15) is 38.4 Å². The van der Waals surface area contributed by atoms with Crippen LogP contribution in [0.4, 0.5) is 5.82 Å². The Morgan fingerprint density at radius 1 is 1.39 bits per heavy atom. The largest absolute Gasteiger partial charge is 0.463 e. The van der Waals surface area contributed by atoms with Crippen LogP contribution >= 0.6 is 0 Å². The maximum absolute atomic E-state index is 12.0. The van der Waals surface area contributed by atoms with Crippen LogP contribution < -0.4 is 5.32 Å². The van der Waals surface area contributed by atoms with Gasteiger partial charge in [0.2, 0.25) is 5.91 Å². The lowest BCUT2D eigenvalue weighted by Gasteiger charge is -2.06. The van der Waals surface area contributed by atoms with Gasteiger partial charge in [-0.05, 0) is 25.0 Å². The molecule has 1 amide bonds. The Hall–Kier alpha value is -2.70. The maximum atomic E-state index is 12.0. The summed E-state index contributed by atoms with van der Waals surface area (Å²) >= 11 is 0. The summed E-state index contributed by atoms with van der Waals surface area (Å²) in [4.78, 5) is 21.1. The minimum atomic E-state index is 0.00597. The van der Waals surface area contributed by atoms with Crippen LogP contribution in [0, 0.1) is 5.92 Å². The second-order valence-corrected chi connectivity index (χ2v) is 6.11. The number of nitrogens with one attached hydrogen (secondary N) is 1. The molecular formula is C16H17N5O2. The molecule has 3 aromatic rings. The molecule has 1 aliphatic rings. The van der Waals surface area contributed by atoms with E-state index in [1.54, 1.807) is 23.0 Å². The fourth-order valence-corrected chi connectivity index (χ4v) is 2.36. The molecule has 1 fully saturated rings. The highest BCUT2D eigenvalue weighted by Crippen LogP contribution is 2.31. The Morgan fingerprint density at radius 2 is 2.22 bits per heavy atom. The number of hydrogen-bond acceptors (Lipinski definition) is 5. The molecule has 0 saturated heterocycles. The number of rotatable bonds is 4. The molecule has 23 heavy (non-hydrogen) atoms. The van der Waals surface area contributed by atoms with Crippen molar-refractivity contribution in [3.63, 3.8) is 0 Å². The molecular weight excluding hydrogens is 294 g/mol. The molecule has 3 heterocycles. The lowest BCUT2D eigenvalue weighted by molar-refractivity contribution is -0.117. The number of aromatic nitrogens is 4. The zero-order valence-electron chi connectivity index (χ0n) is 13.0. The summed E-state index contributed by atoms with van der Waals surface area (Å²) in [5.41, 5.74) is 1.19. The van der Waals surface area contributed by atoms with E-state index in [1.165, 1.54) is 0 Å². The van der Waals surface area contributed by atoms with Crippen molar-refractivity contribution >= 4 is 17.4 Å². The number of carbonyl (C=O) groups is 1. The van der Waals surface area contributed by atoms with Crippen molar-refractivity contribution in [2.75, 3.05) is 5.32 Å². The Labute approximate surface area is 132 Å². The van der Waals surface area contributed by atoms with E-state index in [9.17, 15) is 4.79 Å². The molecule has 118 valence electrons. The van der Waals surface area contributed by atoms with Gasteiger partial charge in [-0.3, -0.25) is 4.79 Å². The molecule has 0 aromatic carbocycles. The molecule has 0 bridgehead atoms. The van der Waals surface area contributed by atoms with Crippen LogP contribution in [0.15, 0.2) is 29.0 Å². The minimum Gasteiger partial charge on any atom is -0.463 e. The normalized spacial score (nSPS) is 14.6. The van der Waals surface area contributed by atoms with Gasteiger partial charge in [-0.2, -0.15) is 5.10 Å². The van der Waals surface area contributed by atoms with Crippen molar-refractivity contribution in [2.24, 2.45) is 5.92 Å². The van der Waals surface area contributed by atoms with Crippen molar-refractivity contribution < 1.29 is 9.21 Å². The Bertz CT molecular complexity index is 862. The summed E-state index contributed by atoms with van der Waals surface area (Å²) < 4.78 is 7.12. The van der Waals surface area contributed by atoms with Gasteiger partial charge in [0.25, 0.3) is 0 Å². The fourth-order valence-electron chi connectivity index (χ4n) is 2.36. The summed E-state index contributed by atoms with van der Waals surface area (Å²) in [6.45, 7) is 4.06. The van der Waals surface area contributed by atoms with Gasteiger partial charge >= 0.3 is 0 Å². The molecule has 7 nitrogen and oxygen atoms in total. The molecule has 0 atom stereocenters. The second-order valence-electron chi connectivity index (χ2n) is 6.11. The molecule has 0 radical (unpaired) electrons. The topological polar surface area (TPSA) is 85.3 Å². The first-order valence-corrected chi connectivity index (χ1v) is 7.74. The molecule has 7 heteroatoms. The lowest BCUT2D eigenvalue weighted by atomic mass is 10.2. The summed E-state index contributed by atoms with van der Waals surface area (Å²) in [6.07, 6.45) is 5.17. The third-order valence-electron chi connectivity index (χ3n) is 3.81. The standard InChI is InChI=1S/C16H17N5O2/c1-9(2)14-19-15-13(11-4-3-7-23-11)17-12(8-21(15)20-14)18-16(22)10-5-6-10/h3-4,7-10H,5-6H2,1-2H3,(H,18,22). The second kappa shape index (κ2) is 5.19. The Morgan fingerprint density at radius 3 is 2.87 bits per heavy atom. The smallest absolute Gasteiger partial charge is 0.228 e. The molecule has 0 unspecified atom stereocenters. The van der Waals surface area contributed by atoms with Crippen molar-refractivity contribution in [3.05, 3.63) is 30.4 Å². The molecule has 1 N–H and O–H groups in total. The van der Waals surface area contributed by atoms with Gasteiger partial charge in [0.05, 0.1) is 12.5 Å². The number of hydrogen-bond donors (Lipinski definition) is 1. The van der Waals surface area contributed by atoms with Gasteiger partial charge in [0, 0.05) is 11.8 Å². The van der Waals surface area contributed by atoms with Crippen LogP contribution in [-0.4, -0.2) is 25.5 Å². The first-order valence-electron chi connectivity index (χ1n) is 7.74. The van der Waals surface area contributed by atoms with E-state index in [2.05, 4.69) is 20.4 Å². The van der Waals surface area contributed by atoms with Gasteiger partial charge in [-0.25, -0.2) is 14.5 Å². The van der Waals surface area contributed by atoms with Crippen LogP contribution in [0.3, 0.4) is 0 Å². The van der Waals surface area contributed by atoms with Crippen molar-refractivity contribution in [3.8, 4) is 11.5 Å². The van der Waals surface area contributed by atoms with Gasteiger partial charge in [-0.1, -0.05) is 13.8 Å². The molecule has 3 aromatic heterocycles. The molecule has 4 rings (SSSR count). The van der Waals surface area contributed by atoms with Crippen molar-refractivity contribution in [1.29, 1.82) is 0 Å². The van der Waals surface area contributed by atoms with Crippen LogP contribution in [0.25, 0.3) is 17.1 Å². The number of fused-ring (bicyclic) bond motifs is 1. The van der Waals surface area contributed by atoms with Crippen molar-refractivity contribution in [1.82, 2.24) is 19.6 Å². The number of nitrogens with zero attached hydrogens (tertiary/aromatic N) is 4. The van der Waals surface area contributed by atoms with Crippen LogP contribution in [0.5, 0.6) is 0 Å².